The van der Waals surface area contributed by atoms with Crippen molar-refractivity contribution < 1.29 is 9.66 Å². The quantitative estimate of drug-likeness (QED) is 0.478. The molecule has 6 nitrogen and oxygen atoms in total. The fourth-order valence-electron chi connectivity index (χ4n) is 1.29. The molecule has 0 amide bonds. The highest BCUT2D eigenvalue weighted by Crippen LogP contribution is 2.26. The third kappa shape index (κ3) is 3.13. The number of halogens is 1. The van der Waals surface area contributed by atoms with Crippen LogP contribution in [0.4, 0.5) is 5.69 Å². The van der Waals surface area contributed by atoms with Crippen molar-refractivity contribution in [1.29, 1.82) is 0 Å². The number of nitro groups is 1. The zero-order valence-corrected chi connectivity index (χ0v) is 11.3. The van der Waals surface area contributed by atoms with Gasteiger partial charge in [-0.2, -0.15) is 0 Å². The predicted octanol–water partition coefficient (Wildman–Crippen LogP) is 2.57. The molecule has 0 atom stereocenters. The van der Waals surface area contributed by atoms with E-state index in [9.17, 15) is 10.1 Å². The molecule has 7 heteroatoms. The van der Waals surface area contributed by atoms with E-state index in [0.29, 0.717) is 3.57 Å². The minimum Gasteiger partial charge on any atom is -0.468 e. The minimum atomic E-state index is -0.503. The Morgan fingerprint density at radius 3 is 2.78 bits per heavy atom. The monoisotopic (exact) mass is 357 g/mol. The second-order valence-corrected chi connectivity index (χ2v) is 4.62. The van der Waals surface area contributed by atoms with Crippen LogP contribution >= 0.6 is 22.6 Å². The van der Waals surface area contributed by atoms with Crippen molar-refractivity contribution in [3.8, 4) is 5.88 Å². The summed E-state index contributed by atoms with van der Waals surface area (Å²) in [5, 5.41) is 10.9. The Morgan fingerprint density at radius 1 is 1.39 bits per heavy atom. The average molecular weight is 357 g/mol. The van der Waals surface area contributed by atoms with Crippen LogP contribution in [0, 0.1) is 13.7 Å². The zero-order valence-electron chi connectivity index (χ0n) is 9.12. The lowest BCUT2D eigenvalue weighted by atomic mass is 10.3. The van der Waals surface area contributed by atoms with Crippen LogP contribution in [-0.2, 0) is 6.61 Å². The van der Waals surface area contributed by atoms with E-state index in [-0.39, 0.29) is 18.2 Å². The van der Waals surface area contributed by atoms with Gasteiger partial charge in [0.15, 0.2) is 0 Å². The number of rotatable bonds is 4. The van der Waals surface area contributed by atoms with Crippen molar-refractivity contribution in [3.05, 3.63) is 56.0 Å². The van der Waals surface area contributed by atoms with E-state index in [2.05, 4.69) is 9.97 Å². The van der Waals surface area contributed by atoms with Gasteiger partial charge in [0.2, 0.25) is 0 Å². The molecule has 2 aromatic rings. The normalized spacial score (nSPS) is 10.1. The van der Waals surface area contributed by atoms with Crippen LogP contribution in [0.25, 0.3) is 0 Å². The molecule has 0 radical (unpaired) electrons. The molecule has 0 spiro atoms. The summed E-state index contributed by atoms with van der Waals surface area (Å²) in [5.74, 6) is 0.0252. The van der Waals surface area contributed by atoms with Crippen LogP contribution in [0.15, 0.2) is 36.8 Å². The van der Waals surface area contributed by atoms with Crippen molar-refractivity contribution >= 4 is 28.3 Å². The van der Waals surface area contributed by atoms with Gasteiger partial charge in [-0.1, -0.05) is 0 Å². The molecule has 0 bridgehead atoms. The van der Waals surface area contributed by atoms with E-state index in [1.807, 2.05) is 22.6 Å². The van der Waals surface area contributed by atoms with Gasteiger partial charge in [0.25, 0.3) is 5.88 Å². The fourth-order valence-corrected chi connectivity index (χ4v) is 1.72. The number of hydrogen-bond donors (Lipinski definition) is 0. The highest BCUT2D eigenvalue weighted by atomic mass is 127. The van der Waals surface area contributed by atoms with Crippen molar-refractivity contribution in [3.63, 3.8) is 0 Å². The van der Waals surface area contributed by atoms with Crippen LogP contribution in [0.1, 0.15) is 5.56 Å². The number of ether oxygens (including phenoxy) is 1. The molecule has 2 heterocycles. The first-order valence-corrected chi connectivity index (χ1v) is 6.06. The first kappa shape index (κ1) is 12.7. The maximum Gasteiger partial charge on any atom is 0.332 e. The molecule has 0 N–H and O–H groups in total. The standard InChI is InChI=1S/C11H8IN3O3/c12-9-5-10(15(16)17)11(14-6-9)18-7-8-1-3-13-4-2-8/h1-6H,7H2. The molecule has 0 saturated heterocycles. The lowest BCUT2D eigenvalue weighted by Crippen LogP contribution is -2.01. The predicted molar refractivity (Wildman–Crippen MR) is 72.2 cm³/mol. The summed E-state index contributed by atoms with van der Waals surface area (Å²) < 4.78 is 6.05. The Morgan fingerprint density at radius 2 is 2.11 bits per heavy atom. The third-order valence-electron chi connectivity index (χ3n) is 2.12. The smallest absolute Gasteiger partial charge is 0.332 e. The summed E-state index contributed by atoms with van der Waals surface area (Å²) in [6.45, 7) is 0.219. The maximum absolute atomic E-state index is 10.9. The summed E-state index contributed by atoms with van der Waals surface area (Å²) in [6, 6.07) is 4.98. The summed E-state index contributed by atoms with van der Waals surface area (Å²) in [5.41, 5.74) is 0.746. The molecule has 0 aliphatic rings. The third-order valence-corrected chi connectivity index (χ3v) is 2.71. The lowest BCUT2D eigenvalue weighted by molar-refractivity contribution is -0.386. The first-order chi connectivity index (χ1) is 8.66. The highest BCUT2D eigenvalue weighted by molar-refractivity contribution is 14.1. The molecule has 2 rings (SSSR count). The van der Waals surface area contributed by atoms with E-state index < -0.39 is 4.92 Å². The van der Waals surface area contributed by atoms with Gasteiger partial charge in [0.1, 0.15) is 6.61 Å². The topological polar surface area (TPSA) is 78.2 Å². The fraction of sp³-hybridized carbons (Fsp3) is 0.0909. The molecule has 18 heavy (non-hydrogen) atoms. The molecule has 0 unspecified atom stereocenters. The Bertz CT molecular complexity index is 563. The van der Waals surface area contributed by atoms with Crippen molar-refractivity contribution in [2.45, 2.75) is 6.61 Å². The number of hydrogen-bond acceptors (Lipinski definition) is 5. The van der Waals surface area contributed by atoms with Gasteiger partial charge in [-0.15, -0.1) is 0 Å². The SMILES string of the molecule is O=[N+]([O-])c1cc(I)cnc1OCc1ccncc1. The Labute approximate surface area is 116 Å². The van der Waals surface area contributed by atoms with Crippen LogP contribution in [0.3, 0.4) is 0 Å². The van der Waals surface area contributed by atoms with E-state index in [4.69, 9.17) is 4.74 Å². The average Bonchev–Trinajstić information content (AvgIpc) is 2.38. The number of nitrogens with zero attached hydrogens (tertiary/aromatic N) is 3. The Balaban J connectivity index is 2.17. The first-order valence-electron chi connectivity index (χ1n) is 4.98. The molecule has 2 aromatic heterocycles. The van der Waals surface area contributed by atoms with Crippen LogP contribution in [0.2, 0.25) is 0 Å². The molecule has 92 valence electrons. The van der Waals surface area contributed by atoms with E-state index in [1.165, 1.54) is 12.3 Å². The Kier molecular flexibility index (Phi) is 4.03. The van der Waals surface area contributed by atoms with Crippen molar-refractivity contribution in [2.75, 3.05) is 0 Å². The van der Waals surface area contributed by atoms with Crippen molar-refractivity contribution in [2.24, 2.45) is 0 Å². The Hall–Kier alpha value is -1.77. The van der Waals surface area contributed by atoms with Gasteiger partial charge in [-0.25, -0.2) is 4.98 Å². The lowest BCUT2D eigenvalue weighted by Gasteiger charge is -2.05. The van der Waals surface area contributed by atoms with Gasteiger partial charge in [0.05, 0.1) is 4.92 Å². The summed E-state index contributed by atoms with van der Waals surface area (Å²) in [7, 11) is 0. The summed E-state index contributed by atoms with van der Waals surface area (Å²) in [4.78, 5) is 18.2. The van der Waals surface area contributed by atoms with E-state index in [1.54, 1.807) is 24.5 Å². The number of pyridine rings is 2. The molecule has 0 saturated carbocycles. The number of aromatic nitrogens is 2. The van der Waals surface area contributed by atoms with Crippen LogP contribution in [0.5, 0.6) is 5.88 Å². The minimum absolute atomic E-state index is 0.0252. The van der Waals surface area contributed by atoms with Crippen LogP contribution in [-0.4, -0.2) is 14.9 Å². The van der Waals surface area contributed by atoms with Gasteiger partial charge in [-0.05, 0) is 40.3 Å². The molecular weight excluding hydrogens is 349 g/mol. The molecular formula is C11H8IN3O3. The molecule has 0 fully saturated rings. The second kappa shape index (κ2) is 5.71. The summed E-state index contributed by atoms with van der Waals surface area (Å²) in [6.07, 6.45) is 4.79. The maximum atomic E-state index is 10.9. The van der Waals surface area contributed by atoms with Gasteiger partial charge in [0, 0.05) is 28.2 Å². The van der Waals surface area contributed by atoms with Crippen molar-refractivity contribution in [1.82, 2.24) is 9.97 Å². The summed E-state index contributed by atoms with van der Waals surface area (Å²) >= 11 is 1.96. The molecule has 0 aliphatic heterocycles. The van der Waals surface area contributed by atoms with E-state index >= 15 is 0 Å². The second-order valence-electron chi connectivity index (χ2n) is 3.38. The molecule has 0 aliphatic carbocycles. The van der Waals surface area contributed by atoms with Gasteiger partial charge < -0.3 is 4.74 Å². The zero-order chi connectivity index (χ0) is 13.0. The van der Waals surface area contributed by atoms with Gasteiger partial charge >= 0.3 is 5.69 Å². The molecule has 0 aromatic carbocycles. The van der Waals surface area contributed by atoms with Crippen LogP contribution < -0.4 is 4.74 Å². The largest absolute Gasteiger partial charge is 0.468 e. The van der Waals surface area contributed by atoms with Gasteiger partial charge in [-0.3, -0.25) is 15.1 Å². The highest BCUT2D eigenvalue weighted by Gasteiger charge is 2.17. The van der Waals surface area contributed by atoms with E-state index in [0.717, 1.165) is 5.56 Å².